The lowest BCUT2D eigenvalue weighted by Gasteiger charge is -2.32. The molecule has 1 aromatic heterocycles. The van der Waals surface area contributed by atoms with Crippen LogP contribution in [-0.2, 0) is 10.0 Å². The van der Waals surface area contributed by atoms with Crippen molar-refractivity contribution in [2.75, 3.05) is 13.1 Å². The number of aryl methyl sites for hydroxylation is 1. The molecule has 0 saturated carbocycles. The first-order valence-corrected chi connectivity index (χ1v) is 8.65. The van der Waals surface area contributed by atoms with E-state index in [-0.39, 0.29) is 4.83 Å². The van der Waals surface area contributed by atoms with E-state index in [1.54, 1.807) is 4.31 Å². The van der Waals surface area contributed by atoms with Gasteiger partial charge in [0, 0.05) is 17.9 Å². The van der Waals surface area contributed by atoms with Gasteiger partial charge in [0.25, 0.3) is 10.0 Å². The number of piperidine rings is 1. The molecule has 1 aliphatic rings. The van der Waals surface area contributed by atoms with Gasteiger partial charge < -0.3 is 0 Å². The van der Waals surface area contributed by atoms with Crippen LogP contribution in [0, 0.1) is 12.8 Å². The van der Waals surface area contributed by atoms with Gasteiger partial charge in [-0.1, -0.05) is 22.9 Å². The highest BCUT2D eigenvalue weighted by molar-refractivity contribution is 9.09. The number of thiazole rings is 1. The Balaban J connectivity index is 2.22. The second-order valence-electron chi connectivity index (χ2n) is 4.34. The second kappa shape index (κ2) is 4.95. The predicted molar refractivity (Wildman–Crippen MR) is 72.1 cm³/mol. The highest BCUT2D eigenvalue weighted by Gasteiger charge is 2.33. The molecule has 7 heteroatoms. The van der Waals surface area contributed by atoms with E-state index >= 15 is 0 Å². The normalized spacial score (nSPS) is 27.2. The molecule has 1 aliphatic heterocycles. The zero-order chi connectivity index (χ0) is 12.6. The van der Waals surface area contributed by atoms with Gasteiger partial charge in [-0.15, -0.1) is 11.3 Å². The van der Waals surface area contributed by atoms with E-state index in [4.69, 9.17) is 0 Å². The molecule has 0 spiro atoms. The molecular formula is C10H15BrN2O2S2. The first-order chi connectivity index (χ1) is 7.91. The van der Waals surface area contributed by atoms with Gasteiger partial charge in [0.05, 0.1) is 11.2 Å². The van der Waals surface area contributed by atoms with E-state index in [1.807, 2.05) is 6.92 Å². The van der Waals surface area contributed by atoms with Crippen LogP contribution in [0.1, 0.15) is 18.4 Å². The van der Waals surface area contributed by atoms with E-state index in [1.165, 1.54) is 17.5 Å². The number of nitrogens with zero attached hydrogens (tertiary/aromatic N) is 2. The average molecular weight is 339 g/mol. The maximum absolute atomic E-state index is 12.3. The number of aromatic nitrogens is 1. The van der Waals surface area contributed by atoms with Crippen molar-refractivity contribution in [3.8, 4) is 0 Å². The Morgan fingerprint density at radius 2 is 2.29 bits per heavy atom. The predicted octanol–water partition coefficient (Wildman–Crippen LogP) is 2.25. The molecule has 0 aliphatic carbocycles. The minimum absolute atomic E-state index is 0.236. The minimum atomic E-state index is -3.34. The summed E-state index contributed by atoms with van der Waals surface area (Å²) in [4.78, 5) is 4.25. The molecule has 2 unspecified atom stereocenters. The van der Waals surface area contributed by atoms with E-state index < -0.39 is 10.0 Å². The van der Waals surface area contributed by atoms with Crippen LogP contribution in [0.3, 0.4) is 0 Å². The van der Waals surface area contributed by atoms with E-state index in [2.05, 4.69) is 27.8 Å². The molecule has 2 rings (SSSR count). The van der Waals surface area contributed by atoms with Crippen molar-refractivity contribution >= 4 is 37.3 Å². The van der Waals surface area contributed by atoms with Gasteiger partial charge in [-0.25, -0.2) is 13.4 Å². The number of rotatable bonds is 2. The maximum Gasteiger partial charge on any atom is 0.254 e. The van der Waals surface area contributed by atoms with Crippen LogP contribution in [0.4, 0.5) is 0 Å². The van der Waals surface area contributed by atoms with E-state index in [0.29, 0.717) is 23.2 Å². The number of hydrogen-bond acceptors (Lipinski definition) is 4. The van der Waals surface area contributed by atoms with Gasteiger partial charge >= 0.3 is 0 Å². The van der Waals surface area contributed by atoms with Crippen LogP contribution in [0.2, 0.25) is 0 Å². The van der Waals surface area contributed by atoms with Crippen molar-refractivity contribution in [1.82, 2.24) is 9.29 Å². The molecule has 1 fully saturated rings. The van der Waals surface area contributed by atoms with Crippen molar-refractivity contribution in [2.45, 2.75) is 29.3 Å². The van der Waals surface area contributed by atoms with Crippen molar-refractivity contribution < 1.29 is 8.42 Å². The third kappa shape index (κ3) is 2.72. The van der Waals surface area contributed by atoms with E-state index in [9.17, 15) is 8.42 Å². The smallest absolute Gasteiger partial charge is 0.249 e. The fraction of sp³-hybridized carbons (Fsp3) is 0.700. The van der Waals surface area contributed by atoms with Crippen molar-refractivity contribution in [3.05, 3.63) is 11.2 Å². The number of hydrogen-bond donors (Lipinski definition) is 0. The Kier molecular flexibility index (Phi) is 3.92. The Bertz CT molecular complexity index is 500. The lowest BCUT2D eigenvalue weighted by molar-refractivity contribution is 0.300. The molecule has 0 aromatic carbocycles. The molecule has 17 heavy (non-hydrogen) atoms. The van der Waals surface area contributed by atoms with Crippen LogP contribution in [0.15, 0.2) is 10.4 Å². The molecule has 96 valence electrons. The zero-order valence-electron chi connectivity index (χ0n) is 9.76. The standard InChI is InChI=1S/C10H15BrN2O2S2/c1-7-3-4-13(6-9(7)11)17(14,15)10-5-12-8(2)16-10/h5,7,9H,3-4,6H2,1-2H3. The highest BCUT2D eigenvalue weighted by atomic mass is 79.9. The van der Waals surface area contributed by atoms with Gasteiger partial charge in [0.2, 0.25) is 0 Å². The van der Waals surface area contributed by atoms with Gasteiger partial charge in [0.15, 0.2) is 4.21 Å². The molecule has 0 bridgehead atoms. The summed E-state index contributed by atoms with van der Waals surface area (Å²) in [6.45, 7) is 5.10. The highest BCUT2D eigenvalue weighted by Crippen LogP contribution is 2.29. The topological polar surface area (TPSA) is 50.3 Å². The third-order valence-electron chi connectivity index (χ3n) is 3.02. The molecule has 0 N–H and O–H groups in total. The van der Waals surface area contributed by atoms with Gasteiger partial charge in [0.1, 0.15) is 0 Å². The second-order valence-corrected chi connectivity index (χ2v) is 8.92. The summed E-state index contributed by atoms with van der Waals surface area (Å²) in [6, 6.07) is 0. The number of sulfonamides is 1. The van der Waals surface area contributed by atoms with Crippen LogP contribution < -0.4 is 0 Å². The van der Waals surface area contributed by atoms with Crippen molar-refractivity contribution in [3.63, 3.8) is 0 Å². The number of alkyl halides is 1. The molecule has 0 amide bonds. The summed E-state index contributed by atoms with van der Waals surface area (Å²) in [6.07, 6.45) is 2.35. The molecule has 2 heterocycles. The Morgan fingerprint density at radius 3 is 2.82 bits per heavy atom. The van der Waals surface area contributed by atoms with Gasteiger partial charge in [-0.3, -0.25) is 0 Å². The SMILES string of the molecule is Cc1ncc(S(=O)(=O)N2CCC(C)C(Br)C2)s1. The Morgan fingerprint density at radius 1 is 1.59 bits per heavy atom. The van der Waals surface area contributed by atoms with Crippen LogP contribution >= 0.6 is 27.3 Å². The fourth-order valence-electron chi connectivity index (χ4n) is 1.80. The summed E-state index contributed by atoms with van der Waals surface area (Å²) in [5, 5.41) is 0.782. The first-order valence-electron chi connectivity index (χ1n) is 5.48. The lowest BCUT2D eigenvalue weighted by atomic mass is 10.0. The van der Waals surface area contributed by atoms with Crippen LogP contribution in [-0.4, -0.2) is 35.6 Å². The summed E-state index contributed by atoms with van der Waals surface area (Å²) in [5.74, 6) is 0.518. The lowest BCUT2D eigenvalue weighted by Crippen LogP contribution is -2.43. The average Bonchev–Trinajstić information content (AvgIpc) is 2.69. The van der Waals surface area contributed by atoms with E-state index in [0.717, 1.165) is 11.4 Å². The van der Waals surface area contributed by atoms with Crippen LogP contribution in [0.5, 0.6) is 0 Å². The summed E-state index contributed by atoms with van der Waals surface area (Å²) in [7, 11) is -3.34. The zero-order valence-corrected chi connectivity index (χ0v) is 13.0. The maximum atomic E-state index is 12.3. The molecule has 0 radical (unpaired) electrons. The van der Waals surface area contributed by atoms with Crippen molar-refractivity contribution in [1.29, 1.82) is 0 Å². The summed E-state index contributed by atoms with van der Waals surface area (Å²) in [5.41, 5.74) is 0. The Labute approximate surface area is 114 Å². The fourth-order valence-corrected chi connectivity index (χ4v) is 5.35. The monoisotopic (exact) mass is 338 g/mol. The van der Waals surface area contributed by atoms with Gasteiger partial charge in [-0.2, -0.15) is 4.31 Å². The van der Waals surface area contributed by atoms with Gasteiger partial charge in [-0.05, 0) is 19.3 Å². The summed E-state index contributed by atoms with van der Waals surface area (Å²) < 4.78 is 26.6. The molecule has 2 atom stereocenters. The quantitative estimate of drug-likeness (QED) is 0.777. The van der Waals surface area contributed by atoms with Crippen molar-refractivity contribution in [2.24, 2.45) is 5.92 Å². The molecular weight excluding hydrogens is 324 g/mol. The summed E-state index contributed by atoms with van der Waals surface area (Å²) >= 11 is 4.78. The molecule has 4 nitrogen and oxygen atoms in total. The largest absolute Gasteiger partial charge is 0.254 e. The molecule has 1 saturated heterocycles. The van der Waals surface area contributed by atoms with Crippen LogP contribution in [0.25, 0.3) is 0 Å². The number of halogens is 1. The minimum Gasteiger partial charge on any atom is -0.249 e. The third-order valence-corrected chi connectivity index (χ3v) is 7.43. The Hall–Kier alpha value is 0.0200. The first kappa shape index (κ1) is 13.5. The molecule has 1 aromatic rings.